The molecular formula is C49H74N2O7. The number of allylic oxidation sites excluding steroid dienone is 7. The molecule has 7 N–H and O–H groups in total. The predicted octanol–water partition coefficient (Wildman–Crippen LogP) is 6.44. The average Bonchev–Trinajstić information content (AvgIpc) is 3.89. The zero-order chi connectivity index (χ0) is 41.9. The molecule has 1 heterocycles. The van der Waals surface area contributed by atoms with Crippen molar-refractivity contribution >= 4 is 6.29 Å². The molecule has 1 aromatic rings. The van der Waals surface area contributed by atoms with Gasteiger partial charge in [0.1, 0.15) is 12.5 Å². The molecule has 3 fully saturated rings. The van der Waals surface area contributed by atoms with E-state index in [0.29, 0.717) is 81.6 Å². The quantitative estimate of drug-likeness (QED) is 0.0434. The highest BCUT2D eigenvalue weighted by molar-refractivity contribution is 5.74. The summed E-state index contributed by atoms with van der Waals surface area (Å²) in [5.74, 6) is -0.135. The van der Waals surface area contributed by atoms with Crippen LogP contribution in [0.25, 0.3) is 0 Å². The number of aliphatic hydroxyl groups excluding tert-OH is 4. The first-order valence-electron chi connectivity index (χ1n) is 22.1. The molecule has 9 heteroatoms. The highest BCUT2D eigenvalue weighted by Crippen LogP contribution is 2.64. The summed E-state index contributed by atoms with van der Waals surface area (Å²) in [6.45, 7) is 9.29. The first-order chi connectivity index (χ1) is 27.9. The van der Waals surface area contributed by atoms with E-state index in [4.69, 9.17) is 4.74 Å². The maximum absolute atomic E-state index is 12.5. The van der Waals surface area contributed by atoms with Crippen molar-refractivity contribution in [3.8, 4) is 0 Å². The number of aliphatic hydroxyl groups is 5. The van der Waals surface area contributed by atoms with Crippen LogP contribution in [0.2, 0.25) is 0 Å². The molecule has 1 aromatic carbocycles. The van der Waals surface area contributed by atoms with E-state index in [0.717, 1.165) is 55.1 Å². The zero-order valence-electron chi connectivity index (χ0n) is 35.9. The van der Waals surface area contributed by atoms with E-state index in [2.05, 4.69) is 47.6 Å². The Morgan fingerprint density at radius 1 is 1.10 bits per heavy atom. The second-order valence-corrected chi connectivity index (χ2v) is 18.1. The van der Waals surface area contributed by atoms with Gasteiger partial charge in [0.25, 0.3) is 0 Å². The molecule has 0 aromatic heterocycles. The number of carbonyl (C=O) groups excluding carboxylic acids is 1. The summed E-state index contributed by atoms with van der Waals surface area (Å²) in [6.07, 6.45) is 18.6. The van der Waals surface area contributed by atoms with Crippen molar-refractivity contribution in [2.45, 2.75) is 134 Å². The lowest BCUT2D eigenvalue weighted by Crippen LogP contribution is -2.61. The van der Waals surface area contributed by atoms with Crippen LogP contribution in [0.3, 0.4) is 0 Å². The average molecular weight is 803 g/mol. The minimum Gasteiger partial charge on any atom is -0.396 e. The van der Waals surface area contributed by atoms with Crippen LogP contribution in [0.1, 0.15) is 108 Å². The van der Waals surface area contributed by atoms with Crippen LogP contribution in [0.15, 0.2) is 83.0 Å². The summed E-state index contributed by atoms with van der Waals surface area (Å²) in [5.41, 5.74) is 4.24. The van der Waals surface area contributed by atoms with E-state index in [1.54, 1.807) is 7.11 Å². The Morgan fingerprint density at radius 2 is 1.86 bits per heavy atom. The molecule has 5 rings (SSSR count). The maximum atomic E-state index is 12.5. The fourth-order valence-corrected chi connectivity index (χ4v) is 11.6. The Kier molecular flexibility index (Phi) is 16.9. The van der Waals surface area contributed by atoms with Crippen molar-refractivity contribution < 1.29 is 35.1 Å². The van der Waals surface area contributed by atoms with Gasteiger partial charge in [0, 0.05) is 37.2 Å². The van der Waals surface area contributed by atoms with E-state index < -0.39 is 23.3 Å². The van der Waals surface area contributed by atoms with E-state index in [-0.39, 0.29) is 36.5 Å². The van der Waals surface area contributed by atoms with Gasteiger partial charge in [0.05, 0.1) is 18.3 Å². The smallest absolute Gasteiger partial charge is 0.145 e. The summed E-state index contributed by atoms with van der Waals surface area (Å²) in [7, 11) is 3.61. The molecule has 3 saturated carbocycles. The molecule has 0 unspecified atom stereocenters. The number of hydrogen-bond donors (Lipinski definition) is 7. The minimum atomic E-state index is -1.19. The zero-order valence-corrected chi connectivity index (χ0v) is 35.9. The Labute approximate surface area is 348 Å². The fraction of sp³-hybridized carbons (Fsp3) is 0.653. The topological polar surface area (TPSA) is 152 Å². The monoisotopic (exact) mass is 803 g/mol. The van der Waals surface area contributed by atoms with E-state index >= 15 is 0 Å². The standard InChI is InChI=1S/C49H74N2O7/c1-34(39-19-18-35(2)46(56)51-47(25-28-58-5,41-15-6-7-16-41)31-38-13-9-12-37(29-38)30-39)11-8-14-40(33-54)43-21-23-49(45(43)55)44(17-10-27-52)42(36(3)32-53)20-22-48(49,57)24-26-50-4/h8-9,11-14,18,29,32,39,41,43-46,50-52,54-57H,1,6-7,10,15-17,19-28,30-31,33H2,2-5H3/t39-,43+,44-,45+,46+,47-,48-,49+/m0/s1. The normalized spacial score (nSPS) is 33.6. The van der Waals surface area contributed by atoms with Gasteiger partial charge in [0.2, 0.25) is 0 Å². The van der Waals surface area contributed by atoms with Crippen LogP contribution in [0.4, 0.5) is 0 Å². The molecule has 9 nitrogen and oxygen atoms in total. The SMILES string of the molecule is C=C(C=CC=C(CO)[C@H]1CC[C@]2([C@@H]1O)[C@@H](CCCO)C(=C(C)C=O)CC[C@]2(O)CCNC)[C@H]1CC=C(C)[C@@H](O)N[C@](CCOC)(C2CCCC2)Cc2cccc(c2)C1. The van der Waals surface area contributed by atoms with Crippen molar-refractivity contribution in [2.75, 3.05) is 40.5 Å². The third-order valence-electron chi connectivity index (χ3n) is 14.9. The lowest BCUT2D eigenvalue weighted by molar-refractivity contribution is -0.180. The second-order valence-electron chi connectivity index (χ2n) is 18.1. The molecule has 58 heavy (non-hydrogen) atoms. The molecule has 8 atom stereocenters. The molecule has 2 bridgehead atoms. The number of fused-ring (bicyclic) bond motifs is 2. The predicted molar refractivity (Wildman–Crippen MR) is 232 cm³/mol. The van der Waals surface area contributed by atoms with Crippen LogP contribution >= 0.6 is 0 Å². The molecule has 322 valence electrons. The van der Waals surface area contributed by atoms with Crippen molar-refractivity contribution in [1.29, 1.82) is 0 Å². The van der Waals surface area contributed by atoms with Crippen LogP contribution in [-0.2, 0) is 22.4 Å². The Bertz CT molecular complexity index is 1660. The third kappa shape index (κ3) is 10.1. The van der Waals surface area contributed by atoms with Gasteiger partial charge in [-0.3, -0.25) is 10.1 Å². The Hall–Kier alpha value is -2.73. The van der Waals surface area contributed by atoms with Gasteiger partial charge in [-0.1, -0.05) is 79.1 Å². The van der Waals surface area contributed by atoms with Crippen molar-refractivity contribution in [1.82, 2.24) is 10.6 Å². The number of nitrogens with one attached hydrogen (secondary N) is 2. The maximum Gasteiger partial charge on any atom is 0.145 e. The summed E-state index contributed by atoms with van der Waals surface area (Å²) < 4.78 is 5.61. The Morgan fingerprint density at radius 3 is 2.55 bits per heavy atom. The molecule has 3 aliphatic carbocycles. The first kappa shape index (κ1) is 46.3. The third-order valence-corrected chi connectivity index (χ3v) is 14.9. The molecule has 4 aliphatic rings. The number of rotatable bonds is 16. The van der Waals surface area contributed by atoms with Crippen molar-refractivity contribution in [3.63, 3.8) is 0 Å². The van der Waals surface area contributed by atoms with E-state index in [9.17, 15) is 30.3 Å². The molecule has 0 radical (unpaired) electrons. The minimum absolute atomic E-state index is 0.0137. The summed E-state index contributed by atoms with van der Waals surface area (Å²) in [5, 5.41) is 64.2. The van der Waals surface area contributed by atoms with Gasteiger partial charge in [-0.25, -0.2) is 0 Å². The number of aldehydes is 1. The Balaban J connectivity index is 1.41. The van der Waals surface area contributed by atoms with E-state index in [1.165, 1.54) is 24.0 Å². The van der Waals surface area contributed by atoms with Crippen molar-refractivity contribution in [3.05, 3.63) is 94.1 Å². The van der Waals surface area contributed by atoms with Gasteiger partial charge >= 0.3 is 0 Å². The molecule has 0 amide bonds. The summed E-state index contributed by atoms with van der Waals surface area (Å²) >= 11 is 0. The van der Waals surface area contributed by atoms with Gasteiger partial charge in [-0.2, -0.15) is 0 Å². The number of hydrogen-bond acceptors (Lipinski definition) is 9. The molecule has 0 saturated heterocycles. The molecular weight excluding hydrogens is 729 g/mol. The number of benzene rings is 1. The van der Waals surface area contributed by atoms with Crippen LogP contribution in [0.5, 0.6) is 0 Å². The van der Waals surface area contributed by atoms with Crippen LogP contribution in [0, 0.1) is 29.1 Å². The number of carbonyl (C=O) groups is 1. The van der Waals surface area contributed by atoms with Gasteiger partial charge in [-0.05, 0) is 157 Å². The van der Waals surface area contributed by atoms with E-state index in [1.807, 2.05) is 39.1 Å². The van der Waals surface area contributed by atoms with Crippen LogP contribution in [-0.4, -0.2) is 95.8 Å². The van der Waals surface area contributed by atoms with Gasteiger partial charge in [0.15, 0.2) is 0 Å². The highest BCUT2D eigenvalue weighted by atomic mass is 16.5. The first-order valence-corrected chi connectivity index (χ1v) is 22.1. The molecule has 1 spiro atoms. The lowest BCUT2D eigenvalue weighted by atomic mass is 9.51. The fourth-order valence-electron chi connectivity index (χ4n) is 11.6. The molecule has 1 aliphatic heterocycles. The largest absolute Gasteiger partial charge is 0.396 e. The number of methoxy groups -OCH3 is 1. The van der Waals surface area contributed by atoms with Gasteiger partial charge in [-0.15, -0.1) is 0 Å². The second kappa shape index (κ2) is 21.2. The van der Waals surface area contributed by atoms with Crippen molar-refractivity contribution in [2.24, 2.45) is 29.1 Å². The summed E-state index contributed by atoms with van der Waals surface area (Å²) in [4.78, 5) is 12.1. The lowest BCUT2D eigenvalue weighted by Gasteiger charge is -2.57. The van der Waals surface area contributed by atoms with Crippen LogP contribution < -0.4 is 10.6 Å². The highest BCUT2D eigenvalue weighted by Gasteiger charge is 2.65. The van der Waals surface area contributed by atoms with Gasteiger partial charge < -0.3 is 35.6 Å². The summed E-state index contributed by atoms with van der Waals surface area (Å²) in [6, 6.07) is 8.87. The number of ether oxygens (including phenoxy) is 1.